The normalized spacial score (nSPS) is 11.0. The van der Waals surface area contributed by atoms with Crippen LogP contribution >= 0.6 is 0 Å². The van der Waals surface area contributed by atoms with Crippen molar-refractivity contribution in [2.45, 2.75) is 39.7 Å². The molecule has 6 heteroatoms. The van der Waals surface area contributed by atoms with Crippen LogP contribution in [-0.4, -0.2) is 34.3 Å². The lowest BCUT2D eigenvalue weighted by Gasteiger charge is -2.17. The number of aromatic nitrogens is 3. The van der Waals surface area contributed by atoms with Crippen molar-refractivity contribution in [2.24, 2.45) is 0 Å². The van der Waals surface area contributed by atoms with Crippen LogP contribution in [0.5, 0.6) is 0 Å². The molecule has 0 radical (unpaired) electrons. The van der Waals surface area contributed by atoms with E-state index in [0.29, 0.717) is 19.6 Å². The van der Waals surface area contributed by atoms with E-state index in [2.05, 4.69) is 36.7 Å². The molecule has 0 aromatic carbocycles. The van der Waals surface area contributed by atoms with Gasteiger partial charge in [-0.05, 0) is 49.1 Å². The second kappa shape index (κ2) is 9.47. The van der Waals surface area contributed by atoms with E-state index in [9.17, 15) is 4.79 Å². The Balaban J connectivity index is 2.24. The summed E-state index contributed by atoms with van der Waals surface area (Å²) in [4.78, 5) is 16.4. The van der Waals surface area contributed by atoms with Crippen molar-refractivity contribution in [1.29, 1.82) is 0 Å². The van der Waals surface area contributed by atoms with Crippen LogP contribution in [0.15, 0.2) is 37.2 Å². The van der Waals surface area contributed by atoms with Crippen LogP contribution in [0, 0.1) is 0 Å². The first-order valence-corrected chi connectivity index (χ1v) is 9.87. The van der Waals surface area contributed by atoms with E-state index in [-0.39, 0.29) is 12.4 Å². The van der Waals surface area contributed by atoms with E-state index < -0.39 is 0 Å². The lowest BCUT2D eigenvalue weighted by atomic mass is 9.95. The van der Waals surface area contributed by atoms with Crippen LogP contribution in [-0.2, 0) is 33.7 Å². The van der Waals surface area contributed by atoms with Gasteiger partial charge in [-0.2, -0.15) is 5.10 Å². The van der Waals surface area contributed by atoms with Crippen molar-refractivity contribution < 1.29 is 14.3 Å². The number of methoxy groups -OCH3 is 1. The van der Waals surface area contributed by atoms with Crippen molar-refractivity contribution in [2.75, 3.05) is 13.7 Å². The number of ether oxygens (including phenoxy) is 2. The van der Waals surface area contributed by atoms with Gasteiger partial charge in [-0.25, -0.2) is 4.52 Å². The Morgan fingerprint density at radius 2 is 2.10 bits per heavy atom. The van der Waals surface area contributed by atoms with Gasteiger partial charge in [0, 0.05) is 42.7 Å². The van der Waals surface area contributed by atoms with Gasteiger partial charge < -0.3 is 9.47 Å². The molecule has 0 aliphatic rings. The highest BCUT2D eigenvalue weighted by Gasteiger charge is 2.20. The average Bonchev–Trinajstić information content (AvgIpc) is 3.14. The van der Waals surface area contributed by atoms with Gasteiger partial charge in [0.1, 0.15) is 0 Å². The Hall–Kier alpha value is -2.99. The van der Waals surface area contributed by atoms with Crippen LogP contribution in [0.4, 0.5) is 0 Å². The molecule has 3 aromatic heterocycles. The molecule has 6 nitrogen and oxygen atoms in total. The van der Waals surface area contributed by atoms with Gasteiger partial charge in [-0.3, -0.25) is 9.78 Å². The van der Waals surface area contributed by atoms with E-state index in [1.807, 2.05) is 17.6 Å². The molecule has 29 heavy (non-hydrogen) atoms. The zero-order valence-corrected chi connectivity index (χ0v) is 17.3. The zero-order chi connectivity index (χ0) is 20.8. The van der Waals surface area contributed by atoms with Crippen LogP contribution in [0.25, 0.3) is 22.7 Å². The van der Waals surface area contributed by atoms with E-state index in [1.165, 1.54) is 0 Å². The summed E-state index contributed by atoms with van der Waals surface area (Å²) < 4.78 is 12.5. The SMILES string of the molecule is C=Cc1cncc(-c2c(CCC(=O)OCC)c(COC)nn3c(CC)ccc23)c1. The topological polar surface area (TPSA) is 65.7 Å². The van der Waals surface area contributed by atoms with Gasteiger partial charge in [0.15, 0.2) is 0 Å². The minimum Gasteiger partial charge on any atom is -0.466 e. The number of hydrogen-bond acceptors (Lipinski definition) is 5. The molecule has 0 fully saturated rings. The molecule has 0 saturated carbocycles. The molecule has 0 aliphatic carbocycles. The molecule has 0 saturated heterocycles. The number of nitrogens with zero attached hydrogens (tertiary/aromatic N) is 3. The predicted octanol–water partition coefficient (Wildman–Crippen LogP) is 4.24. The van der Waals surface area contributed by atoms with Crippen LogP contribution in [0.3, 0.4) is 0 Å². The quantitative estimate of drug-likeness (QED) is 0.509. The summed E-state index contributed by atoms with van der Waals surface area (Å²) in [6.07, 6.45) is 7.05. The van der Waals surface area contributed by atoms with Crippen molar-refractivity contribution in [1.82, 2.24) is 14.6 Å². The fourth-order valence-corrected chi connectivity index (χ4v) is 3.54. The number of pyridine rings is 1. The fraction of sp³-hybridized carbons (Fsp3) is 0.348. The van der Waals surface area contributed by atoms with Gasteiger partial charge in [0.25, 0.3) is 0 Å². The minimum absolute atomic E-state index is 0.218. The van der Waals surface area contributed by atoms with E-state index in [4.69, 9.17) is 14.6 Å². The molecule has 152 valence electrons. The predicted molar refractivity (Wildman–Crippen MR) is 114 cm³/mol. The van der Waals surface area contributed by atoms with Gasteiger partial charge in [0.05, 0.1) is 24.4 Å². The van der Waals surface area contributed by atoms with Crippen molar-refractivity contribution in [3.63, 3.8) is 0 Å². The molecule has 3 heterocycles. The first-order valence-electron chi connectivity index (χ1n) is 9.87. The highest BCUT2D eigenvalue weighted by Crippen LogP contribution is 2.33. The number of hydrogen-bond donors (Lipinski definition) is 0. The second-order valence-electron chi connectivity index (χ2n) is 6.72. The Bertz CT molecular complexity index is 1020. The smallest absolute Gasteiger partial charge is 0.306 e. The van der Waals surface area contributed by atoms with Crippen molar-refractivity contribution >= 4 is 17.6 Å². The van der Waals surface area contributed by atoms with E-state index >= 15 is 0 Å². The fourth-order valence-electron chi connectivity index (χ4n) is 3.54. The van der Waals surface area contributed by atoms with Crippen LogP contribution in [0.2, 0.25) is 0 Å². The molecule has 0 aliphatic heterocycles. The van der Waals surface area contributed by atoms with Gasteiger partial charge in [-0.1, -0.05) is 19.6 Å². The highest BCUT2D eigenvalue weighted by atomic mass is 16.5. The molecule has 0 N–H and O–H groups in total. The first-order chi connectivity index (χ1) is 14.1. The van der Waals surface area contributed by atoms with Crippen molar-refractivity contribution in [3.8, 4) is 11.1 Å². The maximum Gasteiger partial charge on any atom is 0.306 e. The zero-order valence-electron chi connectivity index (χ0n) is 17.3. The van der Waals surface area contributed by atoms with E-state index in [0.717, 1.165) is 45.6 Å². The molecular weight excluding hydrogens is 366 g/mol. The Morgan fingerprint density at radius 3 is 2.79 bits per heavy atom. The maximum absolute atomic E-state index is 12.0. The summed E-state index contributed by atoms with van der Waals surface area (Å²) in [5, 5.41) is 4.85. The molecule has 3 rings (SSSR count). The lowest BCUT2D eigenvalue weighted by Crippen LogP contribution is -2.12. The third-order valence-corrected chi connectivity index (χ3v) is 4.87. The number of carbonyl (C=O) groups is 1. The summed E-state index contributed by atoms with van der Waals surface area (Å²) in [7, 11) is 1.65. The van der Waals surface area contributed by atoms with Crippen LogP contribution < -0.4 is 0 Å². The summed E-state index contributed by atoms with van der Waals surface area (Å²) in [6, 6.07) is 6.22. The molecule has 0 spiro atoms. The largest absolute Gasteiger partial charge is 0.466 e. The lowest BCUT2D eigenvalue weighted by molar-refractivity contribution is -0.143. The molecule has 0 unspecified atom stereocenters. The van der Waals surface area contributed by atoms with Gasteiger partial charge in [-0.15, -0.1) is 0 Å². The molecular formula is C23H27N3O3. The number of esters is 1. The summed E-state index contributed by atoms with van der Waals surface area (Å²) in [6.45, 7) is 8.50. The second-order valence-corrected chi connectivity index (χ2v) is 6.72. The van der Waals surface area contributed by atoms with Gasteiger partial charge >= 0.3 is 5.97 Å². The number of fused-ring (bicyclic) bond motifs is 1. The molecule has 0 atom stereocenters. The van der Waals surface area contributed by atoms with Crippen molar-refractivity contribution in [3.05, 3.63) is 59.7 Å². The minimum atomic E-state index is -0.218. The number of rotatable bonds is 9. The van der Waals surface area contributed by atoms with Crippen LogP contribution in [0.1, 0.15) is 42.8 Å². The monoisotopic (exact) mass is 393 g/mol. The summed E-state index contributed by atoms with van der Waals surface area (Å²) in [5.74, 6) is -0.218. The third kappa shape index (κ3) is 4.38. The highest BCUT2D eigenvalue weighted by molar-refractivity contribution is 5.85. The molecule has 0 bridgehead atoms. The molecule has 3 aromatic rings. The average molecular weight is 393 g/mol. The first kappa shape index (κ1) is 20.7. The third-order valence-electron chi connectivity index (χ3n) is 4.87. The summed E-state index contributed by atoms with van der Waals surface area (Å²) >= 11 is 0. The Labute approximate surface area is 171 Å². The maximum atomic E-state index is 12.0. The Morgan fingerprint density at radius 1 is 1.28 bits per heavy atom. The summed E-state index contributed by atoms with van der Waals surface area (Å²) in [5.41, 5.74) is 6.82. The number of aryl methyl sites for hydroxylation is 1. The standard InChI is InChI=1S/C23H27N3O3/c1-5-16-12-17(14-24-13-16)23-19(9-11-22(27)29-7-3)20(15-28-4)25-26-18(6-2)8-10-21(23)26/h5,8,10,12-14H,1,6-7,9,11,15H2,2-4H3. The van der Waals surface area contributed by atoms with E-state index in [1.54, 1.807) is 19.4 Å². The molecule has 0 amide bonds. The Kier molecular flexibility index (Phi) is 6.77. The number of carbonyl (C=O) groups excluding carboxylic acids is 1. The van der Waals surface area contributed by atoms with Gasteiger partial charge in [0.2, 0.25) is 0 Å².